The maximum Gasteiger partial charge on any atom is 0.417 e. The number of amides is 2. The van der Waals surface area contributed by atoms with Crippen molar-refractivity contribution in [1.29, 1.82) is 5.26 Å². The Morgan fingerprint density at radius 1 is 1.43 bits per heavy atom. The first-order chi connectivity index (χ1) is 10.7. The number of halogens is 3. The summed E-state index contributed by atoms with van der Waals surface area (Å²) in [5, 5.41) is 8.80. The molecule has 2 amide bonds. The van der Waals surface area contributed by atoms with Crippen molar-refractivity contribution in [3.63, 3.8) is 0 Å². The third kappa shape index (κ3) is 2.92. The Morgan fingerprint density at radius 2 is 2.09 bits per heavy atom. The van der Waals surface area contributed by atoms with E-state index in [1.807, 2.05) is 0 Å². The van der Waals surface area contributed by atoms with Crippen molar-refractivity contribution in [2.24, 2.45) is 0 Å². The Balaban J connectivity index is 2.54. The average Bonchev–Trinajstić information content (AvgIpc) is 2.80. The highest BCUT2D eigenvalue weighted by molar-refractivity contribution is 6.01. The molecule has 9 heteroatoms. The van der Waals surface area contributed by atoms with Gasteiger partial charge in [-0.15, -0.1) is 0 Å². The molecule has 0 bridgehead atoms. The first-order valence-electron chi connectivity index (χ1n) is 6.44. The van der Waals surface area contributed by atoms with Gasteiger partial charge in [0.1, 0.15) is 0 Å². The van der Waals surface area contributed by atoms with Crippen LogP contribution in [0.1, 0.15) is 11.1 Å². The third-order valence-electron chi connectivity index (χ3n) is 3.47. The molecule has 1 atom stereocenters. The fourth-order valence-electron chi connectivity index (χ4n) is 2.36. The number of hydrogen-bond acceptors (Lipinski definition) is 4. The van der Waals surface area contributed by atoms with Crippen molar-refractivity contribution in [1.82, 2.24) is 4.90 Å². The molecule has 23 heavy (non-hydrogen) atoms. The maximum atomic E-state index is 13.0. The van der Waals surface area contributed by atoms with Crippen LogP contribution in [-0.2, 0) is 15.7 Å². The number of rotatable bonds is 2. The van der Waals surface area contributed by atoms with E-state index in [1.54, 1.807) is 0 Å². The van der Waals surface area contributed by atoms with Gasteiger partial charge in [0.05, 0.1) is 30.9 Å². The smallest absolute Gasteiger partial charge is 0.417 e. The van der Waals surface area contributed by atoms with Gasteiger partial charge in [0.15, 0.2) is 6.04 Å². The minimum absolute atomic E-state index is 0.00708. The van der Waals surface area contributed by atoms with Gasteiger partial charge in [-0.25, -0.2) is 9.59 Å². The minimum Gasteiger partial charge on any atom is -0.467 e. The van der Waals surface area contributed by atoms with Crippen molar-refractivity contribution in [3.05, 3.63) is 29.3 Å². The third-order valence-corrected chi connectivity index (χ3v) is 3.47. The van der Waals surface area contributed by atoms with Gasteiger partial charge in [0.2, 0.25) is 0 Å². The summed E-state index contributed by atoms with van der Waals surface area (Å²) in [6, 6.07) is 2.64. The van der Waals surface area contributed by atoms with E-state index in [4.69, 9.17) is 5.26 Å². The van der Waals surface area contributed by atoms with Crippen molar-refractivity contribution in [3.8, 4) is 6.07 Å². The molecule has 122 valence electrons. The molecule has 0 radical (unpaired) electrons. The number of urea groups is 1. The number of carbonyl (C=O) groups is 2. The molecule has 0 aliphatic carbocycles. The zero-order valence-corrected chi connectivity index (χ0v) is 12.2. The zero-order valence-electron chi connectivity index (χ0n) is 12.2. The molecule has 0 spiro atoms. The number of anilines is 1. The molecule has 1 aromatic carbocycles. The van der Waals surface area contributed by atoms with Crippen LogP contribution in [0.25, 0.3) is 0 Å². The second-order valence-electron chi connectivity index (χ2n) is 4.91. The number of nitrogens with zero attached hydrogens (tertiary/aromatic N) is 3. The molecule has 1 aromatic rings. The molecule has 1 aliphatic rings. The summed E-state index contributed by atoms with van der Waals surface area (Å²) in [5.74, 6) is -0.736. The van der Waals surface area contributed by atoms with Gasteiger partial charge in [0.25, 0.3) is 0 Å². The predicted molar refractivity (Wildman–Crippen MR) is 72.5 cm³/mol. The molecule has 2 rings (SSSR count). The van der Waals surface area contributed by atoms with Crippen LogP contribution in [0.4, 0.5) is 23.7 Å². The van der Waals surface area contributed by atoms with Gasteiger partial charge in [-0.1, -0.05) is 0 Å². The Morgan fingerprint density at radius 3 is 2.61 bits per heavy atom. The van der Waals surface area contributed by atoms with E-state index >= 15 is 0 Å². The Labute approximate surface area is 129 Å². The number of hydrogen-bond donors (Lipinski definition) is 0. The van der Waals surface area contributed by atoms with Crippen LogP contribution in [0.15, 0.2) is 18.2 Å². The first-order valence-corrected chi connectivity index (χ1v) is 6.44. The standard InChI is InChI=1S/C14H12F3N3O3/c1-19-7-11(12(21)23-2)20(13(19)22)9-4-3-8(6-18)10(5-9)14(15,16)17/h3-5,11H,7H2,1-2H3. The van der Waals surface area contributed by atoms with Gasteiger partial charge in [0, 0.05) is 12.7 Å². The first kappa shape index (κ1) is 16.6. The van der Waals surface area contributed by atoms with E-state index in [0.717, 1.165) is 18.1 Å². The highest BCUT2D eigenvalue weighted by atomic mass is 19.4. The van der Waals surface area contributed by atoms with Gasteiger partial charge in [-0.2, -0.15) is 18.4 Å². The van der Waals surface area contributed by atoms with E-state index in [2.05, 4.69) is 4.74 Å². The molecule has 0 aromatic heterocycles. The molecule has 1 aliphatic heterocycles. The summed E-state index contributed by atoms with van der Waals surface area (Å²) in [5.41, 5.74) is -1.85. The Hall–Kier alpha value is -2.76. The number of alkyl halides is 3. The summed E-state index contributed by atoms with van der Waals surface area (Å²) >= 11 is 0. The van der Waals surface area contributed by atoms with Crippen LogP contribution in [0.2, 0.25) is 0 Å². The number of ether oxygens (including phenoxy) is 1. The van der Waals surface area contributed by atoms with Crippen molar-refractivity contribution >= 4 is 17.7 Å². The lowest BCUT2D eigenvalue weighted by Gasteiger charge is -2.22. The normalized spacial score (nSPS) is 18.1. The van der Waals surface area contributed by atoms with Gasteiger partial charge in [-0.3, -0.25) is 4.90 Å². The summed E-state index contributed by atoms with van der Waals surface area (Å²) in [6.45, 7) is -0.00708. The second kappa shape index (κ2) is 5.79. The molecular formula is C14H12F3N3O3. The number of nitriles is 1. The topological polar surface area (TPSA) is 73.6 Å². The van der Waals surface area contributed by atoms with E-state index < -0.39 is 35.3 Å². The zero-order chi connectivity index (χ0) is 17.4. The van der Waals surface area contributed by atoms with E-state index in [0.29, 0.717) is 6.07 Å². The lowest BCUT2D eigenvalue weighted by atomic mass is 10.1. The Kier molecular flexibility index (Phi) is 4.18. The molecule has 1 fully saturated rings. The van der Waals surface area contributed by atoms with Crippen LogP contribution < -0.4 is 4.90 Å². The van der Waals surface area contributed by atoms with Gasteiger partial charge >= 0.3 is 18.2 Å². The molecule has 6 nitrogen and oxygen atoms in total. The summed E-state index contributed by atoms with van der Waals surface area (Å²) < 4.78 is 43.7. The summed E-state index contributed by atoms with van der Waals surface area (Å²) in [6.07, 6.45) is -4.75. The number of esters is 1. The SMILES string of the molecule is COC(=O)C1CN(C)C(=O)N1c1ccc(C#N)c(C(F)(F)F)c1. The molecule has 1 unspecified atom stereocenters. The summed E-state index contributed by atoms with van der Waals surface area (Å²) in [7, 11) is 2.55. The quantitative estimate of drug-likeness (QED) is 0.779. The van der Waals surface area contributed by atoms with Crippen LogP contribution >= 0.6 is 0 Å². The molecule has 1 saturated heterocycles. The predicted octanol–water partition coefficient (Wildman–Crippen LogP) is 1.99. The monoisotopic (exact) mass is 327 g/mol. The number of carbonyl (C=O) groups excluding carboxylic acids is 2. The Bertz CT molecular complexity index is 697. The summed E-state index contributed by atoms with van der Waals surface area (Å²) in [4.78, 5) is 26.1. The van der Waals surface area contributed by atoms with Crippen molar-refractivity contribution < 1.29 is 27.5 Å². The number of likely N-dealkylation sites (N-methyl/N-ethyl adjacent to an activating group) is 1. The molecular weight excluding hydrogens is 315 g/mol. The molecule has 1 heterocycles. The van der Waals surface area contributed by atoms with Crippen LogP contribution in [0, 0.1) is 11.3 Å². The molecule has 0 saturated carbocycles. The van der Waals surface area contributed by atoms with Crippen molar-refractivity contribution in [2.45, 2.75) is 12.2 Å². The van der Waals surface area contributed by atoms with Gasteiger partial charge in [-0.05, 0) is 18.2 Å². The fraction of sp³-hybridized carbons (Fsp3) is 0.357. The van der Waals surface area contributed by atoms with E-state index in [1.165, 1.54) is 24.1 Å². The minimum atomic E-state index is -4.75. The van der Waals surface area contributed by atoms with Crippen LogP contribution in [-0.4, -0.2) is 43.6 Å². The second-order valence-corrected chi connectivity index (χ2v) is 4.91. The lowest BCUT2D eigenvalue weighted by Crippen LogP contribution is -2.40. The fourth-order valence-corrected chi connectivity index (χ4v) is 2.36. The highest BCUT2D eigenvalue weighted by Gasteiger charge is 2.42. The lowest BCUT2D eigenvalue weighted by molar-refractivity contribution is -0.141. The largest absolute Gasteiger partial charge is 0.467 e. The molecule has 0 N–H and O–H groups in total. The average molecular weight is 327 g/mol. The van der Waals surface area contributed by atoms with Crippen molar-refractivity contribution in [2.75, 3.05) is 25.6 Å². The van der Waals surface area contributed by atoms with E-state index in [-0.39, 0.29) is 12.2 Å². The van der Waals surface area contributed by atoms with Crippen LogP contribution in [0.3, 0.4) is 0 Å². The van der Waals surface area contributed by atoms with Crippen LogP contribution in [0.5, 0.6) is 0 Å². The van der Waals surface area contributed by atoms with Gasteiger partial charge < -0.3 is 9.64 Å². The number of benzene rings is 1. The maximum absolute atomic E-state index is 13.0. The van der Waals surface area contributed by atoms with E-state index in [9.17, 15) is 22.8 Å². The number of methoxy groups -OCH3 is 1. The highest BCUT2D eigenvalue weighted by Crippen LogP contribution is 2.36.